The first-order chi connectivity index (χ1) is 9.34. The fourth-order valence-corrected chi connectivity index (χ4v) is 1.68. The first-order valence-electron chi connectivity index (χ1n) is 5.30. The van der Waals surface area contributed by atoms with Gasteiger partial charge in [-0.15, -0.1) is 0 Å². The Kier molecular flexibility index (Phi) is 3.35. The molecule has 2 rings (SSSR count). The van der Waals surface area contributed by atoms with Crippen LogP contribution >= 0.6 is 0 Å². The maximum Gasteiger partial charge on any atom is 0.419 e. The van der Waals surface area contributed by atoms with Gasteiger partial charge in [-0.3, -0.25) is 4.79 Å². The Hall–Kier alpha value is -2.58. The third-order valence-corrected chi connectivity index (χ3v) is 2.56. The van der Waals surface area contributed by atoms with E-state index in [-0.39, 0.29) is 22.7 Å². The van der Waals surface area contributed by atoms with Gasteiger partial charge >= 0.3 is 6.18 Å². The lowest BCUT2D eigenvalue weighted by Crippen LogP contribution is -2.13. The zero-order valence-electron chi connectivity index (χ0n) is 10.2. The number of primary amides is 1. The van der Waals surface area contributed by atoms with E-state index in [9.17, 15) is 18.0 Å². The number of nitrogens with one attached hydrogen (secondary N) is 1. The lowest BCUT2D eigenvalue weighted by atomic mass is 10.1. The van der Waals surface area contributed by atoms with Crippen LogP contribution in [0.5, 0.6) is 5.75 Å². The van der Waals surface area contributed by atoms with Crippen LogP contribution in [0.15, 0.2) is 18.2 Å². The molecule has 20 heavy (non-hydrogen) atoms. The van der Waals surface area contributed by atoms with Gasteiger partial charge in [0, 0.05) is 5.56 Å². The van der Waals surface area contributed by atoms with Crippen molar-refractivity contribution >= 4 is 5.91 Å². The van der Waals surface area contributed by atoms with Crippen LogP contribution in [-0.2, 0) is 6.18 Å². The number of carbonyl (C=O) groups excluding carboxylic acids is 1. The second kappa shape index (κ2) is 4.83. The number of carbonyl (C=O) groups is 1. The average molecular weight is 286 g/mol. The molecule has 0 aliphatic carbocycles. The highest BCUT2D eigenvalue weighted by atomic mass is 19.4. The third-order valence-electron chi connectivity index (χ3n) is 2.56. The van der Waals surface area contributed by atoms with Gasteiger partial charge in [-0.1, -0.05) is 6.07 Å². The summed E-state index contributed by atoms with van der Waals surface area (Å²) in [5, 5.41) is 9.44. The Balaban J connectivity index is 2.55. The number of hydrogen-bond donors (Lipinski definition) is 2. The number of amides is 1. The Morgan fingerprint density at radius 3 is 2.60 bits per heavy atom. The molecule has 0 atom stereocenters. The van der Waals surface area contributed by atoms with Crippen LogP contribution in [0.2, 0.25) is 0 Å². The highest BCUT2D eigenvalue weighted by molar-refractivity contribution is 5.96. The third kappa shape index (κ3) is 2.42. The molecule has 2 aromatic rings. The Labute approximate surface area is 110 Å². The maximum atomic E-state index is 12.7. The molecule has 0 radical (unpaired) electrons. The van der Waals surface area contributed by atoms with Crippen molar-refractivity contribution in [2.45, 2.75) is 6.18 Å². The van der Waals surface area contributed by atoms with Crippen LogP contribution in [0, 0.1) is 0 Å². The van der Waals surface area contributed by atoms with Crippen molar-refractivity contribution in [3.05, 3.63) is 29.5 Å². The van der Waals surface area contributed by atoms with Crippen LogP contribution in [-0.4, -0.2) is 28.4 Å². The maximum absolute atomic E-state index is 12.7. The SMILES string of the molecule is COc1cc(-c2n[nH]nc2C(N)=O)ccc1C(F)(F)F. The standard InChI is InChI=1S/C11H9F3N4O2/c1-20-7-4-5(2-3-6(7)11(12,13)14)8-9(10(15)19)17-18-16-8/h2-4H,1H3,(H2,15,19)(H,16,17,18). The van der Waals surface area contributed by atoms with E-state index in [2.05, 4.69) is 15.4 Å². The van der Waals surface area contributed by atoms with Gasteiger partial charge in [0.05, 0.1) is 12.7 Å². The highest BCUT2D eigenvalue weighted by Gasteiger charge is 2.34. The van der Waals surface area contributed by atoms with Gasteiger partial charge in [-0.2, -0.15) is 28.6 Å². The van der Waals surface area contributed by atoms with Gasteiger partial charge in [0.1, 0.15) is 11.4 Å². The fourth-order valence-electron chi connectivity index (χ4n) is 1.68. The van der Waals surface area contributed by atoms with E-state index < -0.39 is 17.6 Å². The molecule has 6 nitrogen and oxygen atoms in total. The van der Waals surface area contributed by atoms with E-state index in [1.807, 2.05) is 0 Å². The van der Waals surface area contributed by atoms with Crippen LogP contribution in [0.25, 0.3) is 11.3 Å². The largest absolute Gasteiger partial charge is 0.496 e. The van der Waals surface area contributed by atoms with Crippen LogP contribution in [0.4, 0.5) is 13.2 Å². The molecule has 0 saturated carbocycles. The van der Waals surface area contributed by atoms with E-state index in [4.69, 9.17) is 10.5 Å². The summed E-state index contributed by atoms with van der Waals surface area (Å²) in [6.45, 7) is 0. The lowest BCUT2D eigenvalue weighted by Gasteiger charge is -2.12. The number of rotatable bonds is 3. The molecule has 1 heterocycles. The number of methoxy groups -OCH3 is 1. The number of nitrogens with zero attached hydrogens (tertiary/aromatic N) is 2. The summed E-state index contributed by atoms with van der Waals surface area (Å²) in [5.74, 6) is -1.22. The molecule has 0 fully saturated rings. The molecule has 0 aliphatic rings. The zero-order valence-corrected chi connectivity index (χ0v) is 10.2. The Morgan fingerprint density at radius 1 is 1.35 bits per heavy atom. The van der Waals surface area contributed by atoms with Crippen LogP contribution in [0.1, 0.15) is 16.1 Å². The van der Waals surface area contributed by atoms with Crippen molar-refractivity contribution in [3.63, 3.8) is 0 Å². The van der Waals surface area contributed by atoms with Gasteiger partial charge in [-0.05, 0) is 12.1 Å². The van der Waals surface area contributed by atoms with E-state index in [0.29, 0.717) is 0 Å². The topological polar surface area (TPSA) is 93.9 Å². The number of aromatic amines is 1. The quantitative estimate of drug-likeness (QED) is 0.896. The van der Waals surface area contributed by atoms with Gasteiger partial charge < -0.3 is 10.5 Å². The number of hydrogen-bond acceptors (Lipinski definition) is 4. The molecule has 1 aromatic carbocycles. The summed E-state index contributed by atoms with van der Waals surface area (Å²) in [4.78, 5) is 11.1. The first-order valence-corrected chi connectivity index (χ1v) is 5.30. The van der Waals surface area contributed by atoms with E-state index in [1.165, 1.54) is 0 Å². The molecule has 9 heteroatoms. The fraction of sp³-hybridized carbons (Fsp3) is 0.182. The van der Waals surface area contributed by atoms with Gasteiger partial charge in [-0.25, -0.2) is 0 Å². The Morgan fingerprint density at radius 2 is 2.05 bits per heavy atom. The minimum Gasteiger partial charge on any atom is -0.496 e. The predicted octanol–water partition coefficient (Wildman–Crippen LogP) is 1.60. The Bertz CT molecular complexity index is 651. The van der Waals surface area contributed by atoms with Gasteiger partial charge in [0.15, 0.2) is 5.69 Å². The smallest absolute Gasteiger partial charge is 0.419 e. The summed E-state index contributed by atoms with van der Waals surface area (Å²) in [6, 6.07) is 3.12. The number of benzene rings is 1. The zero-order chi connectivity index (χ0) is 14.9. The van der Waals surface area contributed by atoms with Crippen molar-refractivity contribution in [1.29, 1.82) is 0 Å². The van der Waals surface area contributed by atoms with Crippen molar-refractivity contribution in [2.24, 2.45) is 5.73 Å². The van der Waals surface area contributed by atoms with Crippen molar-refractivity contribution in [2.75, 3.05) is 7.11 Å². The second-order valence-corrected chi connectivity index (χ2v) is 3.80. The molecule has 0 saturated heterocycles. The number of halogens is 3. The molecule has 106 valence electrons. The summed E-state index contributed by atoms with van der Waals surface area (Å²) in [7, 11) is 1.12. The molecule has 0 unspecified atom stereocenters. The number of nitrogens with two attached hydrogens (primary N) is 1. The monoisotopic (exact) mass is 286 g/mol. The van der Waals surface area contributed by atoms with E-state index >= 15 is 0 Å². The predicted molar refractivity (Wildman–Crippen MR) is 61.9 cm³/mol. The molecule has 0 aliphatic heterocycles. The normalized spacial score (nSPS) is 11.4. The average Bonchev–Trinajstić information content (AvgIpc) is 2.86. The van der Waals surface area contributed by atoms with Crippen molar-refractivity contribution in [1.82, 2.24) is 15.4 Å². The lowest BCUT2D eigenvalue weighted by molar-refractivity contribution is -0.138. The molecule has 0 bridgehead atoms. The molecule has 3 N–H and O–H groups in total. The number of ether oxygens (including phenoxy) is 1. The van der Waals surface area contributed by atoms with Crippen molar-refractivity contribution < 1.29 is 22.7 Å². The second-order valence-electron chi connectivity index (χ2n) is 3.80. The summed E-state index contributed by atoms with van der Waals surface area (Å²) in [5.41, 5.74) is 4.30. The molecular weight excluding hydrogens is 277 g/mol. The number of aromatic nitrogens is 3. The van der Waals surface area contributed by atoms with Gasteiger partial charge in [0.25, 0.3) is 5.91 Å². The minimum atomic E-state index is -4.54. The molecule has 1 amide bonds. The van der Waals surface area contributed by atoms with Gasteiger partial charge in [0.2, 0.25) is 0 Å². The van der Waals surface area contributed by atoms with E-state index in [0.717, 1.165) is 25.3 Å². The first kappa shape index (κ1) is 13.8. The van der Waals surface area contributed by atoms with Crippen LogP contribution in [0.3, 0.4) is 0 Å². The summed E-state index contributed by atoms with van der Waals surface area (Å²) >= 11 is 0. The van der Waals surface area contributed by atoms with E-state index in [1.54, 1.807) is 0 Å². The van der Waals surface area contributed by atoms with Crippen LogP contribution < -0.4 is 10.5 Å². The molecule has 1 aromatic heterocycles. The molecular formula is C11H9F3N4O2. The molecule has 0 spiro atoms. The van der Waals surface area contributed by atoms with Crippen molar-refractivity contribution in [3.8, 4) is 17.0 Å². The summed E-state index contributed by atoms with van der Waals surface area (Å²) in [6.07, 6.45) is -4.54. The number of alkyl halides is 3. The minimum absolute atomic E-state index is 0.0597. The summed E-state index contributed by atoms with van der Waals surface area (Å²) < 4.78 is 42.9. The highest BCUT2D eigenvalue weighted by Crippen LogP contribution is 2.38. The number of H-pyrrole nitrogens is 1.